The summed E-state index contributed by atoms with van der Waals surface area (Å²) in [6.07, 6.45) is 0.435. The zero-order valence-corrected chi connectivity index (χ0v) is 13.3. The first-order valence-electron chi connectivity index (χ1n) is 6.64. The number of piperidine rings is 1. The first kappa shape index (κ1) is 15.7. The van der Waals surface area contributed by atoms with Crippen molar-refractivity contribution >= 4 is 33.6 Å². The van der Waals surface area contributed by atoms with Gasteiger partial charge in [0.1, 0.15) is 5.92 Å². The molecule has 1 atom stereocenters. The minimum atomic E-state index is -0.855. The fourth-order valence-corrected chi connectivity index (χ4v) is 2.75. The van der Waals surface area contributed by atoms with Crippen molar-refractivity contribution in [3.63, 3.8) is 0 Å². The summed E-state index contributed by atoms with van der Waals surface area (Å²) in [4.78, 5) is 37.2. The van der Waals surface area contributed by atoms with Crippen LogP contribution in [0.3, 0.4) is 0 Å². The Morgan fingerprint density at radius 1 is 1.38 bits per heavy atom. The first-order chi connectivity index (χ1) is 10.0. The highest BCUT2D eigenvalue weighted by Gasteiger charge is 2.35. The number of amides is 1. The van der Waals surface area contributed by atoms with Crippen LogP contribution >= 0.6 is 15.9 Å². The van der Waals surface area contributed by atoms with Crippen LogP contribution in [0.2, 0.25) is 0 Å². The number of esters is 1. The van der Waals surface area contributed by atoms with Crippen LogP contribution in [0, 0.1) is 5.92 Å². The van der Waals surface area contributed by atoms with E-state index in [2.05, 4.69) is 20.7 Å². The van der Waals surface area contributed by atoms with E-state index in [9.17, 15) is 14.4 Å². The lowest BCUT2D eigenvalue weighted by atomic mass is 9.96. The number of Topliss-reactive ketones (excluding diaryl/α,β-unsaturated/α-hetero) is 1. The van der Waals surface area contributed by atoms with Gasteiger partial charge in [0.2, 0.25) is 5.91 Å². The van der Waals surface area contributed by atoms with Crippen molar-refractivity contribution in [1.29, 1.82) is 0 Å². The van der Waals surface area contributed by atoms with Gasteiger partial charge in [-0.2, -0.15) is 0 Å². The number of carbonyl (C=O) groups is 3. The van der Waals surface area contributed by atoms with Crippen molar-refractivity contribution in [2.75, 3.05) is 20.2 Å². The third-order valence-corrected chi connectivity index (χ3v) is 4.33. The maximum Gasteiger partial charge on any atom is 0.318 e. The van der Waals surface area contributed by atoms with Crippen LogP contribution < -0.4 is 0 Å². The lowest BCUT2D eigenvalue weighted by Gasteiger charge is -2.30. The van der Waals surface area contributed by atoms with Gasteiger partial charge >= 0.3 is 5.97 Å². The highest BCUT2D eigenvalue weighted by molar-refractivity contribution is 9.10. The predicted molar refractivity (Wildman–Crippen MR) is 79.6 cm³/mol. The van der Waals surface area contributed by atoms with Crippen molar-refractivity contribution < 1.29 is 19.1 Å². The Morgan fingerprint density at radius 2 is 2.10 bits per heavy atom. The minimum Gasteiger partial charge on any atom is -0.468 e. The Hall–Kier alpha value is -1.69. The zero-order valence-electron chi connectivity index (χ0n) is 11.7. The smallest absolute Gasteiger partial charge is 0.318 e. The summed E-state index contributed by atoms with van der Waals surface area (Å²) in [5, 5.41) is 0. The van der Waals surface area contributed by atoms with Crippen molar-refractivity contribution in [1.82, 2.24) is 4.90 Å². The van der Waals surface area contributed by atoms with Crippen molar-refractivity contribution in [2.24, 2.45) is 5.92 Å². The summed E-state index contributed by atoms with van der Waals surface area (Å²) in [7, 11) is 1.25. The molecular weight excluding hydrogens is 338 g/mol. The molecule has 1 amide bonds. The average Bonchev–Trinajstić information content (AvgIpc) is 2.49. The first-order valence-corrected chi connectivity index (χ1v) is 7.44. The largest absolute Gasteiger partial charge is 0.468 e. The van der Waals surface area contributed by atoms with Gasteiger partial charge in [-0.1, -0.05) is 34.1 Å². The second-order valence-electron chi connectivity index (χ2n) is 4.90. The highest BCUT2D eigenvalue weighted by Crippen LogP contribution is 2.19. The molecule has 1 aliphatic heterocycles. The van der Waals surface area contributed by atoms with Crippen LogP contribution in [0.15, 0.2) is 28.7 Å². The van der Waals surface area contributed by atoms with E-state index >= 15 is 0 Å². The lowest BCUT2D eigenvalue weighted by Crippen LogP contribution is -2.47. The molecule has 5 nitrogen and oxygen atoms in total. The number of nitrogens with zero attached hydrogens (tertiary/aromatic N) is 1. The summed E-state index contributed by atoms with van der Waals surface area (Å²) in [5.41, 5.74) is 0.883. The van der Waals surface area contributed by atoms with Crippen molar-refractivity contribution in [3.8, 4) is 0 Å². The molecule has 1 aromatic carbocycles. The molecule has 1 fully saturated rings. The third kappa shape index (κ3) is 3.69. The van der Waals surface area contributed by atoms with Gasteiger partial charge in [0.05, 0.1) is 13.5 Å². The highest BCUT2D eigenvalue weighted by atomic mass is 79.9. The summed E-state index contributed by atoms with van der Waals surface area (Å²) in [5.74, 6) is -1.68. The molecule has 0 bridgehead atoms. The summed E-state index contributed by atoms with van der Waals surface area (Å²) in [6, 6.07) is 7.49. The minimum absolute atomic E-state index is 0.0942. The molecule has 0 saturated carbocycles. The van der Waals surface area contributed by atoms with E-state index in [0.29, 0.717) is 6.54 Å². The van der Waals surface area contributed by atoms with Crippen molar-refractivity contribution in [2.45, 2.75) is 12.8 Å². The number of hydrogen-bond acceptors (Lipinski definition) is 4. The van der Waals surface area contributed by atoms with E-state index in [0.717, 1.165) is 10.0 Å². The predicted octanol–water partition coefficient (Wildman–Crippen LogP) is 1.58. The number of benzene rings is 1. The Morgan fingerprint density at radius 3 is 2.76 bits per heavy atom. The van der Waals surface area contributed by atoms with Crippen LogP contribution in [0.4, 0.5) is 0 Å². The fraction of sp³-hybridized carbons (Fsp3) is 0.400. The van der Waals surface area contributed by atoms with Gasteiger partial charge < -0.3 is 9.64 Å². The number of hydrogen-bond donors (Lipinski definition) is 0. The lowest BCUT2D eigenvalue weighted by molar-refractivity contribution is -0.153. The number of halogens is 1. The third-order valence-electron chi connectivity index (χ3n) is 3.56. The monoisotopic (exact) mass is 353 g/mol. The van der Waals surface area contributed by atoms with Crippen molar-refractivity contribution in [3.05, 3.63) is 34.3 Å². The molecule has 21 heavy (non-hydrogen) atoms. The molecule has 2 rings (SSSR count). The Bertz CT molecular complexity index is 565. The molecule has 0 radical (unpaired) electrons. The fourth-order valence-electron chi connectivity index (χ4n) is 2.32. The maximum atomic E-state index is 12.3. The van der Waals surface area contributed by atoms with E-state index < -0.39 is 11.9 Å². The van der Waals surface area contributed by atoms with E-state index in [1.807, 2.05) is 24.3 Å². The summed E-state index contributed by atoms with van der Waals surface area (Å²) in [6.45, 7) is 0.463. The normalized spacial score (nSPS) is 18.5. The molecule has 1 unspecified atom stereocenters. The molecule has 0 aliphatic carbocycles. The quantitative estimate of drug-likeness (QED) is 0.611. The molecule has 1 aromatic rings. The van der Waals surface area contributed by atoms with Gasteiger partial charge in [-0.15, -0.1) is 0 Å². The zero-order chi connectivity index (χ0) is 15.4. The van der Waals surface area contributed by atoms with Gasteiger partial charge in [0.15, 0.2) is 5.78 Å². The average molecular weight is 354 g/mol. The van der Waals surface area contributed by atoms with Gasteiger partial charge in [0, 0.05) is 24.0 Å². The van der Waals surface area contributed by atoms with Crippen LogP contribution in [0.25, 0.3) is 0 Å². The number of ether oxygens (including phenoxy) is 1. The van der Waals surface area contributed by atoms with E-state index in [1.54, 1.807) is 4.90 Å². The Balaban J connectivity index is 2.05. The van der Waals surface area contributed by atoms with Gasteiger partial charge in [-0.05, 0) is 11.6 Å². The second-order valence-corrected chi connectivity index (χ2v) is 5.75. The molecule has 112 valence electrons. The van der Waals surface area contributed by atoms with E-state index in [1.165, 1.54) is 7.11 Å². The molecule has 0 aromatic heterocycles. The number of carbonyl (C=O) groups excluding carboxylic acids is 3. The molecule has 1 saturated heterocycles. The molecule has 0 spiro atoms. The summed E-state index contributed by atoms with van der Waals surface area (Å²) >= 11 is 3.41. The second kappa shape index (κ2) is 6.85. The Labute approximate surface area is 131 Å². The number of ketones is 1. The number of methoxy groups -OCH3 is 1. The SMILES string of the molecule is COC(=O)C1CN(C(=O)Cc2ccccc2Br)CCC1=O. The number of rotatable bonds is 3. The molecular formula is C15H16BrNO4. The van der Waals surface area contributed by atoms with Crippen LogP contribution in [-0.2, 0) is 25.5 Å². The van der Waals surface area contributed by atoms with Crippen LogP contribution in [-0.4, -0.2) is 42.8 Å². The molecule has 0 N–H and O–H groups in total. The molecule has 1 aliphatic rings. The summed E-state index contributed by atoms with van der Waals surface area (Å²) < 4.78 is 5.49. The topological polar surface area (TPSA) is 63.7 Å². The molecule has 6 heteroatoms. The van der Waals surface area contributed by atoms with Crippen LogP contribution in [0.1, 0.15) is 12.0 Å². The van der Waals surface area contributed by atoms with E-state index in [4.69, 9.17) is 0 Å². The van der Waals surface area contributed by atoms with E-state index in [-0.39, 0.29) is 31.1 Å². The Kier molecular flexibility index (Phi) is 5.12. The maximum absolute atomic E-state index is 12.3. The van der Waals surface area contributed by atoms with Gasteiger partial charge in [-0.3, -0.25) is 14.4 Å². The standard InChI is InChI=1S/C15H16BrNO4/c1-21-15(20)11-9-17(7-6-13(11)18)14(19)8-10-4-2-3-5-12(10)16/h2-5,11H,6-9H2,1H3. The van der Waals surface area contributed by atoms with Crippen LogP contribution in [0.5, 0.6) is 0 Å². The number of likely N-dealkylation sites (tertiary alicyclic amines) is 1. The van der Waals surface area contributed by atoms with Gasteiger partial charge in [0.25, 0.3) is 0 Å². The van der Waals surface area contributed by atoms with Gasteiger partial charge in [-0.25, -0.2) is 0 Å². The molecule has 1 heterocycles.